The van der Waals surface area contributed by atoms with Gasteiger partial charge < -0.3 is 14.2 Å². The third-order valence-corrected chi connectivity index (χ3v) is 11.3. The van der Waals surface area contributed by atoms with Crippen molar-refractivity contribution in [2.75, 3.05) is 6.61 Å². The second-order valence-corrected chi connectivity index (χ2v) is 16.6. The summed E-state index contributed by atoms with van der Waals surface area (Å²) in [7, 11) is -1.41. The third-order valence-electron chi connectivity index (χ3n) is 7.75. The number of esters is 3. The fourth-order valence-corrected chi connectivity index (χ4v) is 7.69. The maximum absolute atomic E-state index is 12.1. The summed E-state index contributed by atoms with van der Waals surface area (Å²) < 4.78 is 16.1. The van der Waals surface area contributed by atoms with Crippen molar-refractivity contribution < 1.29 is 28.6 Å². The molecule has 0 amide bonds. The molecule has 220 valence electrons. The molecule has 3 aromatic rings. The quantitative estimate of drug-likeness (QED) is 0.0969. The van der Waals surface area contributed by atoms with Gasteiger partial charge in [0.15, 0.2) is 0 Å². The van der Waals surface area contributed by atoms with Crippen molar-refractivity contribution in [2.45, 2.75) is 65.3 Å². The number of unbranched alkanes of at least 4 members (excludes halogenated alkanes) is 1. The largest absolute Gasteiger partial charge is 0.493 e. The average molecular weight is 585 g/mol. The molecular formula is C35H40O6Si. The summed E-state index contributed by atoms with van der Waals surface area (Å²) >= 11 is 0. The highest BCUT2D eigenvalue weighted by molar-refractivity contribution is 6.89. The van der Waals surface area contributed by atoms with E-state index < -0.39 is 26.0 Å². The van der Waals surface area contributed by atoms with Crippen molar-refractivity contribution in [1.29, 1.82) is 0 Å². The van der Waals surface area contributed by atoms with Gasteiger partial charge in [-0.25, -0.2) is 4.79 Å². The monoisotopic (exact) mass is 584 g/mol. The molecule has 0 N–H and O–H groups in total. The Morgan fingerprint density at radius 2 is 1.45 bits per heavy atom. The molecule has 3 aromatic carbocycles. The van der Waals surface area contributed by atoms with Crippen LogP contribution in [-0.2, 0) is 30.5 Å². The number of cyclic esters (lactones) is 2. The van der Waals surface area contributed by atoms with Crippen LogP contribution >= 0.6 is 0 Å². The number of hydrogen-bond donors (Lipinski definition) is 0. The van der Waals surface area contributed by atoms with E-state index in [0.717, 1.165) is 16.7 Å². The molecule has 0 spiro atoms. The first-order chi connectivity index (χ1) is 20.1. The summed E-state index contributed by atoms with van der Waals surface area (Å²) in [6.07, 6.45) is 2.76. The molecule has 0 bridgehead atoms. The molecule has 1 fully saturated rings. The van der Waals surface area contributed by atoms with Crippen LogP contribution in [0.3, 0.4) is 0 Å². The van der Waals surface area contributed by atoms with E-state index >= 15 is 0 Å². The van der Waals surface area contributed by atoms with Gasteiger partial charge in [0.25, 0.3) is 0 Å². The van der Waals surface area contributed by atoms with Crippen LogP contribution < -0.4 is 9.92 Å². The van der Waals surface area contributed by atoms with Crippen molar-refractivity contribution in [3.8, 4) is 28.0 Å². The zero-order valence-electron chi connectivity index (χ0n) is 25.0. The number of carbonyl (C=O) groups excluding carboxylic acids is 3. The Morgan fingerprint density at radius 1 is 0.905 bits per heavy atom. The van der Waals surface area contributed by atoms with Gasteiger partial charge in [-0.2, -0.15) is 0 Å². The zero-order chi connectivity index (χ0) is 30.3. The van der Waals surface area contributed by atoms with Gasteiger partial charge in [-0.3, -0.25) is 9.59 Å². The minimum absolute atomic E-state index is 0.00283. The number of hydrogen-bond acceptors (Lipinski definition) is 6. The van der Waals surface area contributed by atoms with Crippen LogP contribution in [0.15, 0.2) is 78.9 Å². The summed E-state index contributed by atoms with van der Waals surface area (Å²) in [4.78, 5) is 35.4. The molecule has 1 aliphatic heterocycles. The molecule has 7 heteroatoms. The maximum atomic E-state index is 12.1. The van der Waals surface area contributed by atoms with E-state index in [-0.39, 0.29) is 32.0 Å². The van der Waals surface area contributed by atoms with E-state index in [1.807, 2.05) is 18.2 Å². The second kappa shape index (κ2) is 13.8. The van der Waals surface area contributed by atoms with Crippen molar-refractivity contribution in [3.63, 3.8) is 0 Å². The molecular weight excluding hydrogens is 544 g/mol. The highest BCUT2D eigenvalue weighted by Crippen LogP contribution is 2.31. The molecule has 4 rings (SSSR count). The number of benzene rings is 3. The lowest BCUT2D eigenvalue weighted by molar-refractivity contribution is -0.166. The maximum Gasteiger partial charge on any atom is 0.333 e. The SMILES string of the molecule is C=C(C)C(=O)OCc1cc(-c2ccc(-c3ccc([Si](C)(C)CCCC)cc3)cc2)ccc1OCC1CC(=O)OC(=O)C1. The van der Waals surface area contributed by atoms with Crippen molar-refractivity contribution >= 4 is 31.2 Å². The Bertz CT molecular complexity index is 1420. The first-order valence-electron chi connectivity index (χ1n) is 14.6. The Kier molecular flexibility index (Phi) is 10.2. The van der Waals surface area contributed by atoms with Gasteiger partial charge in [-0.05, 0) is 41.3 Å². The fourth-order valence-electron chi connectivity index (χ4n) is 5.09. The van der Waals surface area contributed by atoms with Gasteiger partial charge in [0, 0.05) is 17.1 Å². The van der Waals surface area contributed by atoms with E-state index in [1.165, 1.54) is 29.6 Å². The zero-order valence-corrected chi connectivity index (χ0v) is 26.0. The van der Waals surface area contributed by atoms with Crippen LogP contribution in [0.25, 0.3) is 22.3 Å². The van der Waals surface area contributed by atoms with Crippen LogP contribution in [0.1, 0.15) is 45.1 Å². The Labute approximate surface area is 249 Å². The van der Waals surface area contributed by atoms with E-state index in [0.29, 0.717) is 16.9 Å². The van der Waals surface area contributed by atoms with Crippen LogP contribution in [0.2, 0.25) is 19.1 Å². The smallest absolute Gasteiger partial charge is 0.333 e. The topological polar surface area (TPSA) is 78.9 Å². The molecule has 0 radical (unpaired) electrons. The third kappa shape index (κ3) is 8.07. The summed E-state index contributed by atoms with van der Waals surface area (Å²) in [5.74, 6) is -1.30. The van der Waals surface area contributed by atoms with Crippen LogP contribution in [0, 0.1) is 5.92 Å². The molecule has 0 atom stereocenters. The van der Waals surface area contributed by atoms with Gasteiger partial charge in [0.05, 0.1) is 27.5 Å². The molecule has 1 heterocycles. The van der Waals surface area contributed by atoms with Crippen LogP contribution in [0.5, 0.6) is 5.75 Å². The molecule has 0 aromatic heterocycles. The molecule has 42 heavy (non-hydrogen) atoms. The molecule has 1 saturated heterocycles. The summed E-state index contributed by atoms with van der Waals surface area (Å²) in [5.41, 5.74) is 5.29. The van der Waals surface area contributed by atoms with Crippen molar-refractivity contribution in [1.82, 2.24) is 0 Å². The second-order valence-electron chi connectivity index (χ2n) is 11.8. The van der Waals surface area contributed by atoms with Crippen LogP contribution in [-0.4, -0.2) is 32.6 Å². The van der Waals surface area contributed by atoms with E-state index in [9.17, 15) is 14.4 Å². The van der Waals surface area contributed by atoms with Gasteiger partial charge in [0.1, 0.15) is 12.4 Å². The fraction of sp³-hybridized carbons (Fsp3) is 0.343. The van der Waals surface area contributed by atoms with E-state index in [2.05, 4.69) is 79.9 Å². The lowest BCUT2D eigenvalue weighted by atomic mass is 9.98. The molecule has 0 unspecified atom stereocenters. The number of carbonyl (C=O) groups is 3. The molecule has 1 aliphatic rings. The van der Waals surface area contributed by atoms with E-state index in [1.54, 1.807) is 6.92 Å². The summed E-state index contributed by atoms with van der Waals surface area (Å²) in [5, 5.41) is 1.49. The lowest BCUT2D eigenvalue weighted by Crippen LogP contribution is -2.40. The normalized spacial score (nSPS) is 13.9. The highest BCUT2D eigenvalue weighted by atomic mass is 28.3. The van der Waals surface area contributed by atoms with Crippen molar-refractivity contribution in [3.05, 3.63) is 84.4 Å². The van der Waals surface area contributed by atoms with Gasteiger partial charge in [0.2, 0.25) is 0 Å². The van der Waals surface area contributed by atoms with Gasteiger partial charge >= 0.3 is 17.9 Å². The Morgan fingerprint density at radius 3 is 2.02 bits per heavy atom. The minimum Gasteiger partial charge on any atom is -0.493 e. The summed E-state index contributed by atoms with van der Waals surface area (Å²) in [6, 6.07) is 24.5. The Hall–Kier alpha value is -3.97. The standard InChI is InChI=1S/C35H40O6Si/c1-6-7-18-42(4,5)31-15-12-27(13-16-31)26-8-10-28(11-9-26)29-14-17-32(30(21-29)23-40-35(38)24(2)3)39-22-25-19-33(36)41-34(37)20-25/h8-17,21,25H,2,6-7,18-20,22-23H2,1,3-5H3. The first-order valence-corrected chi connectivity index (χ1v) is 17.8. The predicted octanol–water partition coefficient (Wildman–Crippen LogP) is 7.21. The van der Waals surface area contributed by atoms with Gasteiger partial charge in [-0.15, -0.1) is 0 Å². The minimum atomic E-state index is -1.41. The molecule has 0 saturated carbocycles. The Balaban J connectivity index is 1.51. The van der Waals surface area contributed by atoms with Gasteiger partial charge in [-0.1, -0.05) is 105 Å². The number of rotatable bonds is 12. The van der Waals surface area contributed by atoms with Crippen molar-refractivity contribution in [2.24, 2.45) is 5.92 Å². The average Bonchev–Trinajstić information content (AvgIpc) is 2.97. The van der Waals surface area contributed by atoms with Crippen LogP contribution in [0.4, 0.5) is 0 Å². The lowest BCUT2D eigenvalue weighted by Gasteiger charge is -2.23. The molecule has 0 aliphatic carbocycles. The highest BCUT2D eigenvalue weighted by Gasteiger charge is 2.28. The number of ether oxygens (including phenoxy) is 3. The predicted molar refractivity (Wildman–Crippen MR) is 168 cm³/mol. The molecule has 6 nitrogen and oxygen atoms in total. The first kappa shape index (κ1) is 31.0. The van der Waals surface area contributed by atoms with E-state index in [4.69, 9.17) is 9.47 Å². The summed E-state index contributed by atoms with van der Waals surface area (Å²) in [6.45, 7) is 12.6.